The molecule has 4 nitrogen and oxygen atoms in total. The predicted molar refractivity (Wildman–Crippen MR) is 79.4 cm³/mol. The zero-order valence-corrected chi connectivity index (χ0v) is 12.4. The van der Waals surface area contributed by atoms with Crippen LogP contribution in [0.4, 0.5) is 4.39 Å². The van der Waals surface area contributed by atoms with E-state index in [2.05, 4.69) is 18.7 Å². The molecule has 0 bridgehead atoms. The SMILES string of the molecule is COCCN(Cc1cc(F)cc(C(=N)N)c1)CC(C)C. The highest BCUT2D eigenvalue weighted by atomic mass is 19.1. The number of amidine groups is 1. The van der Waals surface area contributed by atoms with Gasteiger partial charge in [-0.1, -0.05) is 13.8 Å². The fraction of sp³-hybridized carbons (Fsp3) is 0.533. The number of nitrogens with two attached hydrogens (primary N) is 1. The van der Waals surface area contributed by atoms with Gasteiger partial charge in [-0.05, 0) is 29.7 Å². The molecule has 0 atom stereocenters. The average molecular weight is 281 g/mol. The normalized spacial score (nSPS) is 11.3. The van der Waals surface area contributed by atoms with E-state index in [1.54, 1.807) is 13.2 Å². The predicted octanol–water partition coefficient (Wildman–Crippen LogP) is 2.21. The van der Waals surface area contributed by atoms with Crippen LogP contribution >= 0.6 is 0 Å². The van der Waals surface area contributed by atoms with E-state index in [9.17, 15) is 4.39 Å². The molecule has 0 heterocycles. The zero-order chi connectivity index (χ0) is 15.1. The number of rotatable bonds is 8. The number of benzene rings is 1. The van der Waals surface area contributed by atoms with Crippen LogP contribution in [-0.2, 0) is 11.3 Å². The molecule has 0 spiro atoms. The Morgan fingerprint density at radius 2 is 2.10 bits per heavy atom. The van der Waals surface area contributed by atoms with Crippen LogP contribution in [0.5, 0.6) is 0 Å². The Bertz CT molecular complexity index is 449. The van der Waals surface area contributed by atoms with Crippen LogP contribution in [0.3, 0.4) is 0 Å². The van der Waals surface area contributed by atoms with E-state index < -0.39 is 0 Å². The summed E-state index contributed by atoms with van der Waals surface area (Å²) in [5.74, 6) is 0.0506. The van der Waals surface area contributed by atoms with Crippen molar-refractivity contribution in [2.45, 2.75) is 20.4 Å². The molecule has 20 heavy (non-hydrogen) atoms. The van der Waals surface area contributed by atoms with E-state index in [0.717, 1.165) is 18.7 Å². The van der Waals surface area contributed by atoms with Gasteiger partial charge in [-0.25, -0.2) is 4.39 Å². The number of ether oxygens (including phenoxy) is 1. The van der Waals surface area contributed by atoms with Crippen LogP contribution in [-0.4, -0.2) is 37.5 Å². The van der Waals surface area contributed by atoms with Crippen LogP contribution < -0.4 is 5.73 Å². The lowest BCUT2D eigenvalue weighted by atomic mass is 10.1. The van der Waals surface area contributed by atoms with Crippen molar-refractivity contribution in [2.75, 3.05) is 26.8 Å². The van der Waals surface area contributed by atoms with Crippen molar-refractivity contribution in [3.8, 4) is 0 Å². The minimum atomic E-state index is -0.357. The fourth-order valence-electron chi connectivity index (χ4n) is 2.13. The Morgan fingerprint density at radius 3 is 2.65 bits per heavy atom. The first-order valence-electron chi connectivity index (χ1n) is 6.77. The Kier molecular flexibility index (Phi) is 6.61. The fourth-order valence-corrected chi connectivity index (χ4v) is 2.13. The lowest BCUT2D eigenvalue weighted by Gasteiger charge is -2.24. The molecule has 0 amide bonds. The van der Waals surface area contributed by atoms with Crippen LogP contribution in [0.25, 0.3) is 0 Å². The smallest absolute Gasteiger partial charge is 0.124 e. The van der Waals surface area contributed by atoms with E-state index in [1.165, 1.54) is 12.1 Å². The van der Waals surface area contributed by atoms with Gasteiger partial charge in [-0.15, -0.1) is 0 Å². The minimum Gasteiger partial charge on any atom is -0.384 e. The van der Waals surface area contributed by atoms with Crippen LogP contribution in [0.1, 0.15) is 25.0 Å². The Hall–Kier alpha value is -1.46. The molecule has 1 aromatic carbocycles. The summed E-state index contributed by atoms with van der Waals surface area (Å²) in [5, 5.41) is 7.41. The topological polar surface area (TPSA) is 62.3 Å². The van der Waals surface area contributed by atoms with Crippen molar-refractivity contribution < 1.29 is 9.13 Å². The standard InChI is InChI=1S/C15H24FN3O/c1-11(2)9-19(4-5-20-3)10-12-6-13(15(17)18)8-14(16)7-12/h6-8,11H,4-5,9-10H2,1-3H3,(H3,17,18). The quantitative estimate of drug-likeness (QED) is 0.567. The van der Waals surface area contributed by atoms with E-state index in [4.69, 9.17) is 15.9 Å². The van der Waals surface area contributed by atoms with Crippen molar-refractivity contribution in [1.82, 2.24) is 4.90 Å². The maximum Gasteiger partial charge on any atom is 0.124 e. The van der Waals surface area contributed by atoms with Crippen molar-refractivity contribution in [3.05, 3.63) is 35.1 Å². The average Bonchev–Trinajstić information content (AvgIpc) is 2.34. The highest BCUT2D eigenvalue weighted by molar-refractivity contribution is 5.95. The number of hydrogen-bond acceptors (Lipinski definition) is 3. The largest absolute Gasteiger partial charge is 0.384 e. The van der Waals surface area contributed by atoms with E-state index in [1.807, 2.05) is 0 Å². The number of methoxy groups -OCH3 is 1. The summed E-state index contributed by atoms with van der Waals surface area (Å²) < 4.78 is 18.7. The van der Waals surface area contributed by atoms with Crippen LogP contribution in [0.2, 0.25) is 0 Å². The minimum absolute atomic E-state index is 0.113. The highest BCUT2D eigenvalue weighted by Crippen LogP contribution is 2.12. The molecule has 0 radical (unpaired) electrons. The van der Waals surface area contributed by atoms with E-state index >= 15 is 0 Å². The molecule has 3 N–H and O–H groups in total. The van der Waals surface area contributed by atoms with Gasteiger partial charge >= 0.3 is 0 Å². The number of halogens is 1. The summed E-state index contributed by atoms with van der Waals surface area (Å²) >= 11 is 0. The molecule has 0 unspecified atom stereocenters. The molecule has 5 heteroatoms. The first-order valence-corrected chi connectivity index (χ1v) is 6.77. The van der Waals surface area contributed by atoms with Gasteiger partial charge in [0.25, 0.3) is 0 Å². The molecule has 1 rings (SSSR count). The van der Waals surface area contributed by atoms with Crippen molar-refractivity contribution in [2.24, 2.45) is 11.7 Å². The second-order valence-corrected chi connectivity index (χ2v) is 5.38. The summed E-state index contributed by atoms with van der Waals surface area (Å²) in [4.78, 5) is 2.22. The Morgan fingerprint density at radius 1 is 1.40 bits per heavy atom. The first kappa shape index (κ1) is 16.6. The molecule has 112 valence electrons. The summed E-state index contributed by atoms with van der Waals surface area (Å²) in [6, 6.07) is 4.55. The first-order chi connectivity index (χ1) is 9.42. The highest BCUT2D eigenvalue weighted by Gasteiger charge is 2.10. The van der Waals surface area contributed by atoms with Gasteiger partial charge in [0.1, 0.15) is 11.7 Å². The molecular formula is C15H24FN3O. The van der Waals surface area contributed by atoms with Crippen molar-refractivity contribution in [1.29, 1.82) is 5.41 Å². The van der Waals surface area contributed by atoms with E-state index in [0.29, 0.717) is 24.6 Å². The molecule has 0 aromatic heterocycles. The zero-order valence-electron chi connectivity index (χ0n) is 12.4. The van der Waals surface area contributed by atoms with Crippen molar-refractivity contribution in [3.63, 3.8) is 0 Å². The van der Waals surface area contributed by atoms with Gasteiger partial charge in [0, 0.05) is 32.3 Å². The summed E-state index contributed by atoms with van der Waals surface area (Å²) in [6.07, 6.45) is 0. The van der Waals surface area contributed by atoms with Crippen LogP contribution in [0.15, 0.2) is 18.2 Å². The van der Waals surface area contributed by atoms with Gasteiger partial charge in [0.2, 0.25) is 0 Å². The van der Waals surface area contributed by atoms with Gasteiger partial charge in [-0.3, -0.25) is 10.3 Å². The lowest BCUT2D eigenvalue weighted by Crippen LogP contribution is -2.30. The maximum atomic E-state index is 13.6. The molecule has 0 aliphatic carbocycles. The maximum absolute atomic E-state index is 13.6. The molecule has 0 aliphatic heterocycles. The second kappa shape index (κ2) is 7.97. The Balaban J connectivity index is 2.83. The summed E-state index contributed by atoms with van der Waals surface area (Å²) in [7, 11) is 1.67. The third-order valence-corrected chi connectivity index (χ3v) is 2.91. The van der Waals surface area contributed by atoms with Gasteiger partial charge in [-0.2, -0.15) is 0 Å². The number of nitrogen functional groups attached to an aromatic ring is 1. The summed E-state index contributed by atoms with van der Waals surface area (Å²) in [5.41, 5.74) is 6.68. The van der Waals surface area contributed by atoms with E-state index in [-0.39, 0.29) is 11.7 Å². The molecule has 0 fully saturated rings. The van der Waals surface area contributed by atoms with Gasteiger partial charge in [0.05, 0.1) is 6.61 Å². The third-order valence-electron chi connectivity index (χ3n) is 2.91. The van der Waals surface area contributed by atoms with Gasteiger partial charge < -0.3 is 10.5 Å². The van der Waals surface area contributed by atoms with Crippen LogP contribution in [0, 0.1) is 17.1 Å². The molecule has 0 saturated carbocycles. The number of hydrogen-bond donors (Lipinski definition) is 2. The Labute approximate surface area is 120 Å². The van der Waals surface area contributed by atoms with Crippen molar-refractivity contribution >= 4 is 5.84 Å². The molecule has 0 aliphatic rings. The number of nitrogens with zero attached hydrogens (tertiary/aromatic N) is 1. The monoisotopic (exact) mass is 281 g/mol. The third kappa shape index (κ3) is 5.67. The number of nitrogens with one attached hydrogen (secondary N) is 1. The molecule has 1 aromatic rings. The summed E-state index contributed by atoms with van der Waals surface area (Å²) in [6.45, 7) is 7.26. The lowest BCUT2D eigenvalue weighted by molar-refractivity contribution is 0.136. The molecular weight excluding hydrogens is 257 g/mol. The van der Waals surface area contributed by atoms with Gasteiger partial charge in [0.15, 0.2) is 0 Å². The second-order valence-electron chi connectivity index (χ2n) is 5.38. The molecule has 0 saturated heterocycles.